The zero-order valence-corrected chi connectivity index (χ0v) is 13.0. The third-order valence-electron chi connectivity index (χ3n) is 2.48. The van der Waals surface area contributed by atoms with E-state index in [1.807, 2.05) is 25.6 Å². The molecule has 0 aromatic carbocycles. The van der Waals surface area contributed by atoms with Crippen LogP contribution in [0.3, 0.4) is 0 Å². The number of aromatic nitrogens is 2. The zero-order valence-electron chi connectivity index (χ0n) is 12.1. The van der Waals surface area contributed by atoms with Crippen LogP contribution < -0.4 is 15.8 Å². The molecule has 0 fully saturated rings. The van der Waals surface area contributed by atoms with Crippen molar-refractivity contribution >= 4 is 23.3 Å². The molecular formula is C13H24N4OS. The summed E-state index contributed by atoms with van der Waals surface area (Å²) in [5.74, 6) is 3.38. The Bertz CT molecular complexity index is 387. The van der Waals surface area contributed by atoms with Gasteiger partial charge in [-0.15, -0.1) is 0 Å². The molecule has 5 nitrogen and oxygen atoms in total. The molecule has 0 aliphatic carbocycles. The van der Waals surface area contributed by atoms with Crippen LogP contribution in [0.25, 0.3) is 0 Å². The summed E-state index contributed by atoms with van der Waals surface area (Å²) in [6.07, 6.45) is 2.59. The van der Waals surface area contributed by atoms with Gasteiger partial charge in [-0.1, -0.05) is 6.92 Å². The largest absolute Gasteiger partial charge is 0.473 e. The Hall–Kier alpha value is -1.17. The number of ether oxygens (including phenoxy) is 1. The molecule has 3 N–H and O–H groups in total. The second kappa shape index (κ2) is 8.09. The lowest BCUT2D eigenvalue weighted by Gasteiger charge is -2.17. The van der Waals surface area contributed by atoms with E-state index in [1.54, 1.807) is 0 Å². The number of anilines is 2. The van der Waals surface area contributed by atoms with Crippen molar-refractivity contribution in [2.45, 2.75) is 46.3 Å². The fourth-order valence-electron chi connectivity index (χ4n) is 1.52. The van der Waals surface area contributed by atoms with Gasteiger partial charge < -0.3 is 15.8 Å². The summed E-state index contributed by atoms with van der Waals surface area (Å²) in [7, 11) is 0. The maximum absolute atomic E-state index is 6.02. The Morgan fingerprint density at radius 3 is 2.74 bits per heavy atom. The first-order chi connectivity index (χ1) is 9.04. The van der Waals surface area contributed by atoms with Crippen LogP contribution in [0.5, 0.6) is 5.88 Å². The second-order valence-electron chi connectivity index (χ2n) is 4.64. The van der Waals surface area contributed by atoms with Crippen molar-refractivity contribution in [2.24, 2.45) is 0 Å². The summed E-state index contributed by atoms with van der Waals surface area (Å²) in [4.78, 5) is 8.24. The number of nitrogens with one attached hydrogen (secondary N) is 1. The summed E-state index contributed by atoms with van der Waals surface area (Å²) < 4.78 is 5.55. The van der Waals surface area contributed by atoms with Crippen LogP contribution in [0, 0.1) is 0 Å². The SMILES string of the molecule is CCSCCC(C)Nc1ncnc(OC(C)C)c1N. The van der Waals surface area contributed by atoms with Gasteiger partial charge in [0.15, 0.2) is 5.82 Å². The lowest BCUT2D eigenvalue weighted by molar-refractivity contribution is 0.234. The van der Waals surface area contributed by atoms with E-state index in [2.05, 4.69) is 29.1 Å². The van der Waals surface area contributed by atoms with Gasteiger partial charge in [0.2, 0.25) is 5.88 Å². The van der Waals surface area contributed by atoms with Crippen LogP contribution >= 0.6 is 11.8 Å². The van der Waals surface area contributed by atoms with Gasteiger partial charge in [-0.05, 0) is 38.7 Å². The normalized spacial score (nSPS) is 12.5. The van der Waals surface area contributed by atoms with E-state index in [-0.39, 0.29) is 6.10 Å². The number of nitrogens with zero attached hydrogens (tertiary/aromatic N) is 2. The third-order valence-corrected chi connectivity index (χ3v) is 3.41. The van der Waals surface area contributed by atoms with Crippen molar-refractivity contribution in [3.05, 3.63) is 6.33 Å². The molecule has 0 amide bonds. The van der Waals surface area contributed by atoms with Crippen molar-refractivity contribution in [1.82, 2.24) is 9.97 Å². The first-order valence-electron chi connectivity index (χ1n) is 6.66. The maximum atomic E-state index is 6.02. The molecule has 1 unspecified atom stereocenters. The van der Waals surface area contributed by atoms with E-state index in [4.69, 9.17) is 10.5 Å². The monoisotopic (exact) mass is 284 g/mol. The summed E-state index contributed by atoms with van der Waals surface area (Å²) in [6.45, 7) is 8.18. The fourth-order valence-corrected chi connectivity index (χ4v) is 2.33. The molecule has 0 aliphatic heterocycles. The Kier molecular flexibility index (Phi) is 6.77. The van der Waals surface area contributed by atoms with Crippen molar-refractivity contribution in [3.63, 3.8) is 0 Å². The van der Waals surface area contributed by atoms with Crippen molar-refractivity contribution in [3.8, 4) is 5.88 Å². The molecule has 0 aliphatic rings. The molecule has 108 valence electrons. The summed E-state index contributed by atoms with van der Waals surface area (Å²) in [5.41, 5.74) is 6.49. The Morgan fingerprint density at radius 1 is 1.37 bits per heavy atom. The molecule has 19 heavy (non-hydrogen) atoms. The first-order valence-corrected chi connectivity index (χ1v) is 7.81. The van der Waals surface area contributed by atoms with E-state index >= 15 is 0 Å². The molecule has 1 heterocycles. The van der Waals surface area contributed by atoms with Crippen molar-refractivity contribution in [2.75, 3.05) is 22.6 Å². The molecular weight excluding hydrogens is 260 g/mol. The van der Waals surface area contributed by atoms with Gasteiger partial charge in [0.25, 0.3) is 0 Å². The quantitative estimate of drug-likeness (QED) is 0.715. The van der Waals surface area contributed by atoms with Gasteiger partial charge in [-0.2, -0.15) is 16.7 Å². The molecule has 0 bridgehead atoms. The minimum absolute atomic E-state index is 0.0448. The zero-order chi connectivity index (χ0) is 14.3. The average Bonchev–Trinajstić information content (AvgIpc) is 2.34. The van der Waals surface area contributed by atoms with E-state index < -0.39 is 0 Å². The fraction of sp³-hybridized carbons (Fsp3) is 0.692. The highest BCUT2D eigenvalue weighted by Gasteiger charge is 2.12. The van der Waals surface area contributed by atoms with E-state index in [1.165, 1.54) is 6.33 Å². The molecule has 1 aromatic rings. The van der Waals surface area contributed by atoms with Crippen LogP contribution in [-0.4, -0.2) is 33.6 Å². The predicted molar refractivity (Wildman–Crippen MR) is 82.9 cm³/mol. The van der Waals surface area contributed by atoms with Crippen LogP contribution in [0.4, 0.5) is 11.5 Å². The van der Waals surface area contributed by atoms with E-state index in [9.17, 15) is 0 Å². The Labute approximate surface area is 119 Å². The van der Waals surface area contributed by atoms with E-state index in [0.717, 1.165) is 17.9 Å². The Balaban J connectivity index is 2.62. The van der Waals surface area contributed by atoms with Crippen LogP contribution in [0.15, 0.2) is 6.33 Å². The molecule has 1 aromatic heterocycles. The van der Waals surface area contributed by atoms with Gasteiger partial charge in [-0.25, -0.2) is 4.98 Å². The predicted octanol–water partition coefficient (Wildman–Crippen LogP) is 2.79. The summed E-state index contributed by atoms with van der Waals surface area (Å²) >= 11 is 1.93. The van der Waals surface area contributed by atoms with Crippen LogP contribution in [-0.2, 0) is 0 Å². The molecule has 0 saturated heterocycles. The number of thioether (sulfide) groups is 1. The number of rotatable bonds is 8. The van der Waals surface area contributed by atoms with E-state index in [0.29, 0.717) is 23.4 Å². The average molecular weight is 284 g/mol. The lowest BCUT2D eigenvalue weighted by Crippen LogP contribution is -2.19. The van der Waals surface area contributed by atoms with Gasteiger partial charge in [0.05, 0.1) is 6.10 Å². The molecule has 6 heteroatoms. The van der Waals surface area contributed by atoms with Crippen molar-refractivity contribution in [1.29, 1.82) is 0 Å². The molecule has 1 rings (SSSR count). The Morgan fingerprint density at radius 2 is 2.11 bits per heavy atom. The van der Waals surface area contributed by atoms with Crippen LogP contribution in [0.2, 0.25) is 0 Å². The van der Waals surface area contributed by atoms with Crippen LogP contribution in [0.1, 0.15) is 34.1 Å². The minimum atomic E-state index is 0.0448. The summed E-state index contributed by atoms with van der Waals surface area (Å²) in [5, 5.41) is 3.31. The maximum Gasteiger partial charge on any atom is 0.242 e. The third kappa shape index (κ3) is 5.55. The standard InChI is InChI=1S/C13H24N4OS/c1-5-19-7-6-10(4)17-12-11(14)13(16-8-15-12)18-9(2)3/h8-10H,5-7,14H2,1-4H3,(H,15,16,17). The highest BCUT2D eigenvalue weighted by Crippen LogP contribution is 2.26. The van der Waals surface area contributed by atoms with Gasteiger partial charge >= 0.3 is 0 Å². The minimum Gasteiger partial charge on any atom is -0.473 e. The number of nitrogens with two attached hydrogens (primary N) is 1. The number of nitrogen functional groups attached to an aromatic ring is 1. The molecule has 0 saturated carbocycles. The second-order valence-corrected chi connectivity index (χ2v) is 6.03. The highest BCUT2D eigenvalue weighted by atomic mass is 32.2. The van der Waals surface area contributed by atoms with Gasteiger partial charge in [-0.3, -0.25) is 0 Å². The van der Waals surface area contributed by atoms with Gasteiger partial charge in [0, 0.05) is 6.04 Å². The van der Waals surface area contributed by atoms with Crippen molar-refractivity contribution < 1.29 is 4.74 Å². The number of hydrogen-bond acceptors (Lipinski definition) is 6. The van der Waals surface area contributed by atoms with Gasteiger partial charge in [0.1, 0.15) is 12.0 Å². The summed E-state index contributed by atoms with van der Waals surface area (Å²) in [6, 6.07) is 0.322. The number of hydrogen-bond donors (Lipinski definition) is 2. The highest BCUT2D eigenvalue weighted by molar-refractivity contribution is 7.99. The molecule has 0 radical (unpaired) electrons. The molecule has 0 spiro atoms. The smallest absolute Gasteiger partial charge is 0.242 e. The topological polar surface area (TPSA) is 73.1 Å². The first kappa shape index (κ1) is 15.9. The molecule has 1 atom stereocenters. The lowest BCUT2D eigenvalue weighted by atomic mass is 10.2.